The first kappa shape index (κ1) is 14.0. The third-order valence-corrected chi connectivity index (χ3v) is 4.75. The van der Waals surface area contributed by atoms with Gasteiger partial charge < -0.3 is 0 Å². The van der Waals surface area contributed by atoms with Gasteiger partial charge in [-0.1, -0.05) is 33.1 Å². The van der Waals surface area contributed by atoms with E-state index < -0.39 is 17.4 Å². The maximum Gasteiger partial charge on any atom is 0.330 e. The van der Waals surface area contributed by atoms with Gasteiger partial charge in [0, 0.05) is 6.54 Å². The molecule has 1 aliphatic carbocycles. The minimum absolute atomic E-state index is 0.314. The van der Waals surface area contributed by atoms with Gasteiger partial charge in [0.25, 0.3) is 0 Å². The molecule has 2 aliphatic rings. The number of rotatable bonds is 5. The Kier molecular flexibility index (Phi) is 3.92. The van der Waals surface area contributed by atoms with Crippen LogP contribution in [-0.2, 0) is 9.59 Å². The highest BCUT2D eigenvalue weighted by atomic mass is 16.2. The zero-order valence-corrected chi connectivity index (χ0v) is 11.7. The summed E-state index contributed by atoms with van der Waals surface area (Å²) in [6.07, 6.45) is 5.35. The number of imide groups is 2. The maximum absolute atomic E-state index is 12.5. The number of urea groups is 1. The fourth-order valence-corrected chi connectivity index (χ4v) is 2.90. The van der Waals surface area contributed by atoms with Gasteiger partial charge in [-0.05, 0) is 25.2 Å². The monoisotopic (exact) mass is 266 g/mol. The molecule has 0 radical (unpaired) electrons. The molecule has 1 N–H and O–H groups in total. The van der Waals surface area contributed by atoms with Crippen LogP contribution in [0.4, 0.5) is 4.79 Å². The van der Waals surface area contributed by atoms with E-state index in [1.54, 1.807) is 0 Å². The number of hydrogen-bond acceptors (Lipinski definition) is 3. The second-order valence-corrected chi connectivity index (χ2v) is 5.59. The molecule has 0 atom stereocenters. The van der Waals surface area contributed by atoms with Gasteiger partial charge >= 0.3 is 6.03 Å². The number of hydrogen-bond donors (Lipinski definition) is 1. The van der Waals surface area contributed by atoms with Gasteiger partial charge in [-0.2, -0.15) is 0 Å². The summed E-state index contributed by atoms with van der Waals surface area (Å²) >= 11 is 0. The molecule has 1 aliphatic heterocycles. The van der Waals surface area contributed by atoms with Crippen LogP contribution in [0.25, 0.3) is 0 Å². The number of carbonyl (C=O) groups excluding carboxylic acids is 3. The summed E-state index contributed by atoms with van der Waals surface area (Å²) in [4.78, 5) is 37.5. The Morgan fingerprint density at radius 1 is 1.21 bits per heavy atom. The molecule has 2 rings (SSSR count). The number of barbiturate groups is 1. The van der Waals surface area contributed by atoms with Gasteiger partial charge in [0.15, 0.2) is 0 Å². The zero-order chi connectivity index (χ0) is 14.0. The molecule has 0 aromatic carbocycles. The average Bonchev–Trinajstić information content (AvgIpc) is 2.32. The second kappa shape index (κ2) is 5.31. The van der Waals surface area contributed by atoms with Gasteiger partial charge in [0.1, 0.15) is 5.41 Å². The summed E-state index contributed by atoms with van der Waals surface area (Å²) in [5, 5.41) is 2.34. The van der Waals surface area contributed by atoms with E-state index in [-0.39, 0.29) is 5.91 Å². The summed E-state index contributed by atoms with van der Waals surface area (Å²) in [5.74, 6) is -0.117. The van der Waals surface area contributed by atoms with Gasteiger partial charge in [-0.3, -0.25) is 19.8 Å². The van der Waals surface area contributed by atoms with E-state index in [2.05, 4.69) is 5.32 Å². The Labute approximate surface area is 113 Å². The van der Waals surface area contributed by atoms with Crippen molar-refractivity contribution in [1.82, 2.24) is 10.2 Å². The Morgan fingerprint density at radius 2 is 1.84 bits per heavy atom. The van der Waals surface area contributed by atoms with Crippen molar-refractivity contribution in [2.75, 3.05) is 6.54 Å². The van der Waals surface area contributed by atoms with Crippen LogP contribution in [-0.4, -0.2) is 29.3 Å². The molecular weight excluding hydrogens is 244 g/mol. The molecule has 1 saturated carbocycles. The number of nitrogens with one attached hydrogen (secondary N) is 1. The number of carbonyl (C=O) groups is 3. The topological polar surface area (TPSA) is 66.5 Å². The molecule has 0 aromatic heterocycles. The number of amides is 4. The number of nitrogens with zero attached hydrogens (tertiary/aromatic N) is 1. The van der Waals surface area contributed by atoms with E-state index in [4.69, 9.17) is 0 Å². The minimum Gasteiger partial charge on any atom is -0.277 e. The highest BCUT2D eigenvalue weighted by molar-refractivity contribution is 6.19. The van der Waals surface area contributed by atoms with E-state index in [0.29, 0.717) is 25.3 Å². The Hall–Kier alpha value is -1.39. The molecule has 5 heteroatoms. The van der Waals surface area contributed by atoms with Crippen molar-refractivity contribution in [3.63, 3.8) is 0 Å². The molecule has 1 saturated heterocycles. The first-order valence-electron chi connectivity index (χ1n) is 7.22. The van der Waals surface area contributed by atoms with Crippen LogP contribution < -0.4 is 5.32 Å². The fourth-order valence-electron chi connectivity index (χ4n) is 2.90. The maximum atomic E-state index is 12.5. The molecule has 5 nitrogen and oxygen atoms in total. The van der Waals surface area contributed by atoms with E-state index in [1.807, 2.05) is 13.8 Å². The smallest absolute Gasteiger partial charge is 0.277 e. The van der Waals surface area contributed by atoms with Crippen LogP contribution in [0.1, 0.15) is 52.4 Å². The van der Waals surface area contributed by atoms with Gasteiger partial charge in [0.05, 0.1) is 0 Å². The van der Waals surface area contributed by atoms with Crippen molar-refractivity contribution in [1.29, 1.82) is 0 Å². The SMILES string of the molecule is CCC1(CC)C(=O)NC(=O)N(CCC2CCC2)C1=O. The van der Waals surface area contributed by atoms with Gasteiger partial charge in [0.2, 0.25) is 11.8 Å². The van der Waals surface area contributed by atoms with Crippen molar-refractivity contribution in [2.45, 2.75) is 52.4 Å². The molecule has 4 amide bonds. The van der Waals surface area contributed by atoms with E-state index >= 15 is 0 Å². The van der Waals surface area contributed by atoms with E-state index in [1.165, 1.54) is 24.2 Å². The van der Waals surface area contributed by atoms with Crippen LogP contribution in [0.15, 0.2) is 0 Å². The zero-order valence-electron chi connectivity index (χ0n) is 11.7. The molecule has 0 spiro atoms. The molecule has 2 fully saturated rings. The predicted octanol–water partition coefficient (Wildman–Crippen LogP) is 2.06. The quantitative estimate of drug-likeness (QED) is 0.774. The largest absolute Gasteiger partial charge is 0.330 e. The van der Waals surface area contributed by atoms with Gasteiger partial charge in [-0.15, -0.1) is 0 Å². The molecule has 1 heterocycles. The summed E-state index contributed by atoms with van der Waals surface area (Å²) in [6, 6.07) is -0.549. The van der Waals surface area contributed by atoms with Crippen molar-refractivity contribution in [3.05, 3.63) is 0 Å². The predicted molar refractivity (Wildman–Crippen MR) is 70.2 cm³/mol. The third-order valence-electron chi connectivity index (χ3n) is 4.75. The lowest BCUT2D eigenvalue weighted by Gasteiger charge is -2.39. The average molecular weight is 266 g/mol. The Balaban J connectivity index is 2.10. The van der Waals surface area contributed by atoms with Crippen LogP contribution in [0.5, 0.6) is 0 Å². The summed E-state index contributed by atoms with van der Waals surface area (Å²) in [6.45, 7) is 4.08. The summed E-state index contributed by atoms with van der Waals surface area (Å²) in [7, 11) is 0. The van der Waals surface area contributed by atoms with Crippen molar-refractivity contribution in [2.24, 2.45) is 11.3 Å². The highest BCUT2D eigenvalue weighted by Crippen LogP contribution is 2.34. The van der Waals surface area contributed by atoms with E-state index in [0.717, 1.165) is 6.42 Å². The van der Waals surface area contributed by atoms with Crippen molar-refractivity contribution in [3.8, 4) is 0 Å². The second-order valence-electron chi connectivity index (χ2n) is 5.59. The molecule has 106 valence electrons. The van der Waals surface area contributed by atoms with Crippen LogP contribution in [0, 0.1) is 11.3 Å². The minimum atomic E-state index is -1.05. The molecule has 0 bridgehead atoms. The first-order chi connectivity index (χ1) is 9.05. The van der Waals surface area contributed by atoms with Gasteiger partial charge in [-0.25, -0.2) is 4.79 Å². The normalized spacial score (nSPS) is 23.3. The van der Waals surface area contributed by atoms with E-state index in [9.17, 15) is 14.4 Å². The standard InChI is InChI=1S/C14H22N2O3/c1-3-14(4-2)11(17)15-13(19)16(12(14)18)9-8-10-6-5-7-10/h10H,3-9H2,1-2H3,(H,15,17,19). The van der Waals surface area contributed by atoms with Crippen LogP contribution in [0.2, 0.25) is 0 Å². The van der Waals surface area contributed by atoms with Crippen molar-refractivity contribution < 1.29 is 14.4 Å². The molecular formula is C14H22N2O3. The first-order valence-corrected chi connectivity index (χ1v) is 7.22. The lowest BCUT2D eigenvalue weighted by atomic mass is 9.78. The third kappa shape index (κ3) is 2.26. The molecule has 0 unspecified atom stereocenters. The van der Waals surface area contributed by atoms with Crippen molar-refractivity contribution >= 4 is 17.8 Å². The summed E-state index contributed by atoms with van der Waals surface area (Å²) in [5.41, 5.74) is -1.05. The highest BCUT2D eigenvalue weighted by Gasteiger charge is 2.51. The molecule has 19 heavy (non-hydrogen) atoms. The molecule has 0 aromatic rings. The Bertz CT molecular complexity index is 397. The summed E-state index contributed by atoms with van der Waals surface area (Å²) < 4.78 is 0. The lowest BCUT2D eigenvalue weighted by molar-refractivity contribution is -0.152. The fraction of sp³-hybridized carbons (Fsp3) is 0.786. The van der Waals surface area contributed by atoms with Crippen LogP contribution >= 0.6 is 0 Å². The van der Waals surface area contributed by atoms with Crippen LogP contribution in [0.3, 0.4) is 0 Å². The Morgan fingerprint density at radius 3 is 2.32 bits per heavy atom. The lowest BCUT2D eigenvalue weighted by Crippen LogP contribution is -2.63.